The molecule has 1 heterocycles. The average Bonchev–Trinajstić information content (AvgIpc) is 2.46. The summed E-state index contributed by atoms with van der Waals surface area (Å²) in [7, 11) is 2.12. The van der Waals surface area contributed by atoms with Gasteiger partial charge in [0.25, 0.3) is 0 Å². The third kappa shape index (κ3) is 3.11. The van der Waals surface area contributed by atoms with Gasteiger partial charge >= 0.3 is 0 Å². The maximum absolute atomic E-state index is 12.7. The number of carbonyl (C=O) groups excluding carboxylic acids is 1. The van der Waals surface area contributed by atoms with Gasteiger partial charge in [-0.2, -0.15) is 0 Å². The van der Waals surface area contributed by atoms with Crippen molar-refractivity contribution in [1.82, 2.24) is 9.80 Å². The Morgan fingerprint density at radius 3 is 2.62 bits per heavy atom. The Morgan fingerprint density at radius 2 is 2.00 bits per heavy atom. The lowest BCUT2D eigenvalue weighted by Gasteiger charge is -2.44. The molecule has 1 atom stereocenters. The number of carbonyl (C=O) groups is 1. The minimum atomic E-state index is -0.234. The molecule has 3 rings (SSSR count). The number of amides is 1. The van der Waals surface area contributed by atoms with Crippen molar-refractivity contribution in [3.8, 4) is 0 Å². The molecule has 1 saturated heterocycles. The monoisotopic (exact) mass is 287 g/mol. The molecule has 1 aromatic carbocycles. The fraction of sp³-hybridized carbons (Fsp3) is 0.588. The summed E-state index contributed by atoms with van der Waals surface area (Å²) in [5.41, 5.74) is 7.25. The van der Waals surface area contributed by atoms with Gasteiger partial charge < -0.3 is 15.5 Å². The van der Waals surface area contributed by atoms with Crippen LogP contribution in [0.4, 0.5) is 0 Å². The smallest absolute Gasteiger partial charge is 0.225 e. The lowest BCUT2D eigenvalue weighted by molar-refractivity contribution is -0.138. The van der Waals surface area contributed by atoms with Gasteiger partial charge in [-0.25, -0.2) is 0 Å². The summed E-state index contributed by atoms with van der Waals surface area (Å²) in [5, 5.41) is 0. The Balaban J connectivity index is 1.76. The molecule has 1 saturated carbocycles. The van der Waals surface area contributed by atoms with Crippen LogP contribution < -0.4 is 5.73 Å². The highest BCUT2D eigenvalue weighted by Gasteiger charge is 2.38. The van der Waals surface area contributed by atoms with Crippen LogP contribution >= 0.6 is 0 Å². The van der Waals surface area contributed by atoms with Crippen LogP contribution in [0.5, 0.6) is 0 Å². The van der Waals surface area contributed by atoms with Gasteiger partial charge in [0, 0.05) is 31.6 Å². The van der Waals surface area contributed by atoms with Crippen LogP contribution in [0.25, 0.3) is 0 Å². The van der Waals surface area contributed by atoms with Gasteiger partial charge in [0.15, 0.2) is 0 Å². The highest BCUT2D eigenvalue weighted by atomic mass is 16.2. The van der Waals surface area contributed by atoms with E-state index in [1.165, 1.54) is 5.56 Å². The van der Waals surface area contributed by atoms with Crippen molar-refractivity contribution < 1.29 is 4.79 Å². The first kappa shape index (κ1) is 14.5. The molecule has 1 unspecified atom stereocenters. The van der Waals surface area contributed by atoms with Gasteiger partial charge in [0.1, 0.15) is 0 Å². The number of hydrogen-bond donors (Lipinski definition) is 1. The fourth-order valence-corrected chi connectivity index (χ4v) is 3.39. The number of benzene rings is 1. The van der Waals surface area contributed by atoms with Gasteiger partial charge in [0.2, 0.25) is 5.91 Å². The molecule has 21 heavy (non-hydrogen) atoms. The van der Waals surface area contributed by atoms with Crippen LogP contribution in [-0.4, -0.2) is 47.9 Å². The summed E-state index contributed by atoms with van der Waals surface area (Å²) in [4.78, 5) is 17.1. The topological polar surface area (TPSA) is 49.6 Å². The molecule has 0 radical (unpaired) electrons. The number of nitrogens with zero attached hydrogens (tertiary/aromatic N) is 2. The summed E-state index contributed by atoms with van der Waals surface area (Å²) >= 11 is 0. The van der Waals surface area contributed by atoms with Crippen molar-refractivity contribution >= 4 is 5.91 Å². The molecular weight excluding hydrogens is 262 g/mol. The van der Waals surface area contributed by atoms with Crippen molar-refractivity contribution in [2.75, 3.05) is 26.7 Å². The van der Waals surface area contributed by atoms with E-state index in [9.17, 15) is 4.79 Å². The molecule has 114 valence electrons. The van der Waals surface area contributed by atoms with Crippen molar-refractivity contribution in [1.29, 1.82) is 0 Å². The van der Waals surface area contributed by atoms with Crippen molar-refractivity contribution in [3.05, 3.63) is 35.9 Å². The number of piperazine rings is 1. The Morgan fingerprint density at radius 1 is 1.29 bits per heavy atom. The largest absolute Gasteiger partial charge is 0.333 e. The van der Waals surface area contributed by atoms with Gasteiger partial charge in [0.05, 0.1) is 6.04 Å². The summed E-state index contributed by atoms with van der Waals surface area (Å²) < 4.78 is 0. The maximum atomic E-state index is 12.7. The molecule has 0 spiro atoms. The summed E-state index contributed by atoms with van der Waals surface area (Å²) in [6, 6.07) is 10.5. The Bertz CT molecular complexity index is 498. The molecule has 0 bridgehead atoms. The van der Waals surface area contributed by atoms with E-state index in [0.29, 0.717) is 6.42 Å². The Hall–Kier alpha value is -1.39. The third-order valence-electron chi connectivity index (χ3n) is 4.94. The quantitative estimate of drug-likeness (QED) is 0.922. The number of hydrogen-bond acceptors (Lipinski definition) is 3. The lowest BCUT2D eigenvalue weighted by Crippen LogP contribution is -2.54. The predicted molar refractivity (Wildman–Crippen MR) is 83.8 cm³/mol. The van der Waals surface area contributed by atoms with E-state index in [4.69, 9.17) is 5.73 Å². The molecule has 1 amide bonds. The molecule has 4 heteroatoms. The first-order chi connectivity index (χ1) is 10.1. The molecule has 0 aromatic heterocycles. The Kier molecular flexibility index (Phi) is 4.00. The molecule has 2 aliphatic rings. The fourth-order valence-electron chi connectivity index (χ4n) is 3.39. The third-order valence-corrected chi connectivity index (χ3v) is 4.94. The summed E-state index contributed by atoms with van der Waals surface area (Å²) in [5.74, 6) is 0.221. The van der Waals surface area contributed by atoms with Crippen LogP contribution in [-0.2, 0) is 4.79 Å². The van der Waals surface area contributed by atoms with E-state index >= 15 is 0 Å². The molecule has 1 aliphatic carbocycles. The van der Waals surface area contributed by atoms with Gasteiger partial charge in [-0.15, -0.1) is 0 Å². The van der Waals surface area contributed by atoms with Crippen LogP contribution in [0.2, 0.25) is 0 Å². The van der Waals surface area contributed by atoms with E-state index in [0.717, 1.165) is 38.9 Å². The first-order valence-electron chi connectivity index (χ1n) is 7.89. The molecule has 2 N–H and O–H groups in total. The second-order valence-corrected chi connectivity index (χ2v) is 6.67. The Labute approximate surface area is 126 Å². The number of likely N-dealkylation sites (N-methyl/N-ethyl adjacent to an activating group) is 1. The highest BCUT2D eigenvalue weighted by Crippen LogP contribution is 2.34. The van der Waals surface area contributed by atoms with Gasteiger partial charge in [-0.1, -0.05) is 30.3 Å². The maximum Gasteiger partial charge on any atom is 0.225 e. The first-order valence-corrected chi connectivity index (χ1v) is 7.89. The van der Waals surface area contributed by atoms with Crippen molar-refractivity contribution in [2.24, 2.45) is 5.73 Å². The highest BCUT2D eigenvalue weighted by molar-refractivity contribution is 5.78. The van der Waals surface area contributed by atoms with Crippen LogP contribution in [0.3, 0.4) is 0 Å². The van der Waals surface area contributed by atoms with Gasteiger partial charge in [-0.05, 0) is 31.9 Å². The van der Waals surface area contributed by atoms with Crippen LogP contribution in [0.1, 0.15) is 37.3 Å². The number of nitrogens with two attached hydrogens (primary N) is 1. The minimum Gasteiger partial charge on any atom is -0.333 e. The van der Waals surface area contributed by atoms with Crippen LogP contribution in [0.15, 0.2) is 30.3 Å². The summed E-state index contributed by atoms with van der Waals surface area (Å²) in [6.07, 6.45) is 3.64. The standard InChI is InChI=1S/C17H25N3O/c1-19-10-11-20(16(21)12-17(18)8-5-9-17)15(13-19)14-6-3-2-4-7-14/h2-4,6-7,15H,5,8-13,18H2,1H3. The predicted octanol–water partition coefficient (Wildman–Crippen LogP) is 1.77. The zero-order chi connectivity index (χ0) is 14.9. The zero-order valence-corrected chi connectivity index (χ0v) is 12.8. The summed E-state index contributed by atoms with van der Waals surface area (Å²) in [6.45, 7) is 2.63. The molecule has 2 fully saturated rings. The molecule has 4 nitrogen and oxygen atoms in total. The van der Waals surface area contributed by atoms with Crippen molar-refractivity contribution in [3.63, 3.8) is 0 Å². The van der Waals surface area contributed by atoms with Crippen LogP contribution in [0, 0.1) is 0 Å². The van der Waals surface area contributed by atoms with Crippen molar-refractivity contribution in [2.45, 2.75) is 37.3 Å². The van der Waals surface area contributed by atoms with E-state index in [2.05, 4.69) is 24.1 Å². The van der Waals surface area contributed by atoms with Gasteiger partial charge in [-0.3, -0.25) is 4.79 Å². The normalized spacial score (nSPS) is 25.4. The molecule has 1 aromatic rings. The second kappa shape index (κ2) is 5.78. The van der Waals surface area contributed by atoms with E-state index in [1.54, 1.807) is 0 Å². The van der Waals surface area contributed by atoms with E-state index in [1.807, 2.05) is 23.1 Å². The lowest BCUT2D eigenvalue weighted by atomic mass is 9.75. The SMILES string of the molecule is CN1CCN(C(=O)CC2(N)CCC2)C(c2ccccc2)C1. The number of rotatable bonds is 3. The molecule has 1 aliphatic heterocycles. The average molecular weight is 287 g/mol. The second-order valence-electron chi connectivity index (χ2n) is 6.67. The zero-order valence-electron chi connectivity index (χ0n) is 12.8. The van der Waals surface area contributed by atoms with E-state index in [-0.39, 0.29) is 17.5 Å². The van der Waals surface area contributed by atoms with E-state index < -0.39 is 0 Å². The molecular formula is C17H25N3O. The minimum absolute atomic E-state index is 0.154.